The van der Waals surface area contributed by atoms with Gasteiger partial charge in [0.15, 0.2) is 0 Å². The van der Waals surface area contributed by atoms with Gasteiger partial charge in [0, 0.05) is 22.1 Å². The molecule has 0 spiro atoms. The van der Waals surface area contributed by atoms with Crippen LogP contribution in [0.4, 0.5) is 5.69 Å². The van der Waals surface area contributed by atoms with Crippen LogP contribution in [0.25, 0.3) is 0 Å². The van der Waals surface area contributed by atoms with Crippen molar-refractivity contribution in [3.05, 3.63) is 45.9 Å². The normalized spacial score (nSPS) is 12.1. The lowest BCUT2D eigenvalue weighted by molar-refractivity contribution is 0.0697. The molecule has 18 heavy (non-hydrogen) atoms. The Balaban J connectivity index is 2.21. The fraction of sp³-hybridized carbons (Fsp3) is 0.231. The minimum atomic E-state index is -0.972. The molecule has 2 aromatic heterocycles. The molecule has 0 radical (unpaired) electrons. The van der Waals surface area contributed by atoms with Crippen molar-refractivity contribution in [1.82, 2.24) is 4.98 Å². The van der Waals surface area contributed by atoms with Gasteiger partial charge < -0.3 is 10.4 Å². The number of carbonyl (C=O) groups is 1. The van der Waals surface area contributed by atoms with E-state index in [1.165, 1.54) is 16.0 Å². The highest BCUT2D eigenvalue weighted by molar-refractivity contribution is 7.12. The molecule has 2 rings (SSSR count). The summed E-state index contributed by atoms with van der Waals surface area (Å²) < 4.78 is 0. The first kappa shape index (κ1) is 12.6. The molecule has 2 heterocycles. The fourth-order valence-electron chi connectivity index (χ4n) is 1.68. The summed E-state index contributed by atoms with van der Waals surface area (Å²) in [4.78, 5) is 17.3. The van der Waals surface area contributed by atoms with Crippen molar-refractivity contribution in [2.75, 3.05) is 5.32 Å². The molecule has 0 aromatic carbocycles. The highest BCUT2D eigenvalue weighted by Gasteiger charge is 2.13. The molecular formula is C13H14N2O2S. The van der Waals surface area contributed by atoms with Gasteiger partial charge in [0.25, 0.3) is 0 Å². The molecule has 2 aromatic rings. The van der Waals surface area contributed by atoms with Gasteiger partial charge in [-0.1, -0.05) is 0 Å². The van der Waals surface area contributed by atoms with Gasteiger partial charge in [-0.3, -0.25) is 4.98 Å². The first-order chi connectivity index (χ1) is 8.58. The van der Waals surface area contributed by atoms with Crippen molar-refractivity contribution >= 4 is 23.0 Å². The van der Waals surface area contributed by atoms with Gasteiger partial charge >= 0.3 is 5.97 Å². The second-order valence-corrected chi connectivity index (χ2v) is 5.36. The van der Waals surface area contributed by atoms with Crippen LogP contribution < -0.4 is 5.32 Å². The van der Waals surface area contributed by atoms with Crippen LogP contribution in [0.3, 0.4) is 0 Å². The molecule has 94 valence electrons. The lowest BCUT2D eigenvalue weighted by Gasteiger charge is -2.15. The Labute approximate surface area is 109 Å². The summed E-state index contributed by atoms with van der Waals surface area (Å²) in [7, 11) is 0. The van der Waals surface area contributed by atoms with E-state index >= 15 is 0 Å². The molecular weight excluding hydrogens is 248 g/mol. The van der Waals surface area contributed by atoms with Crippen molar-refractivity contribution in [2.24, 2.45) is 0 Å². The molecule has 0 saturated carbocycles. The third kappa shape index (κ3) is 2.68. The number of hydrogen-bond donors (Lipinski definition) is 2. The number of carboxylic acids is 1. The van der Waals surface area contributed by atoms with Crippen LogP contribution in [0.2, 0.25) is 0 Å². The molecule has 0 aliphatic carbocycles. The third-order valence-electron chi connectivity index (χ3n) is 2.61. The molecule has 0 aliphatic rings. The number of rotatable bonds is 4. The summed E-state index contributed by atoms with van der Waals surface area (Å²) in [5, 5.41) is 12.3. The molecule has 0 fully saturated rings. The van der Waals surface area contributed by atoms with Gasteiger partial charge in [0.1, 0.15) is 5.56 Å². The predicted octanol–water partition coefficient (Wildman–Crippen LogP) is 3.32. The summed E-state index contributed by atoms with van der Waals surface area (Å²) in [5.41, 5.74) is 0.786. The quantitative estimate of drug-likeness (QED) is 0.887. The number of aromatic nitrogens is 1. The molecule has 0 bridgehead atoms. The van der Waals surface area contributed by atoms with Crippen LogP contribution >= 0.6 is 11.3 Å². The fourth-order valence-corrected chi connectivity index (χ4v) is 2.56. The minimum absolute atomic E-state index is 0.0733. The number of carboxylic acid groups (broad SMARTS) is 1. The maximum Gasteiger partial charge on any atom is 0.339 e. The summed E-state index contributed by atoms with van der Waals surface area (Å²) in [6.07, 6.45) is 2.94. The van der Waals surface area contributed by atoms with E-state index in [1.54, 1.807) is 23.6 Å². The number of aryl methyl sites for hydroxylation is 1. The van der Waals surface area contributed by atoms with Crippen molar-refractivity contribution in [1.29, 1.82) is 0 Å². The molecule has 0 aliphatic heterocycles. The Morgan fingerprint density at radius 2 is 2.22 bits per heavy atom. The minimum Gasteiger partial charge on any atom is -0.478 e. The third-order valence-corrected chi connectivity index (χ3v) is 3.79. The highest BCUT2D eigenvalue weighted by Crippen LogP contribution is 2.26. The highest BCUT2D eigenvalue weighted by atomic mass is 32.1. The van der Waals surface area contributed by atoms with Gasteiger partial charge in [-0.25, -0.2) is 4.79 Å². The van der Waals surface area contributed by atoms with Crippen molar-refractivity contribution in [3.8, 4) is 0 Å². The van der Waals surface area contributed by atoms with Crippen molar-refractivity contribution in [2.45, 2.75) is 19.9 Å². The zero-order valence-electron chi connectivity index (χ0n) is 10.2. The van der Waals surface area contributed by atoms with Gasteiger partial charge in [-0.15, -0.1) is 11.3 Å². The monoisotopic (exact) mass is 262 g/mol. The Morgan fingerprint density at radius 1 is 1.44 bits per heavy atom. The number of pyridine rings is 1. The number of nitrogens with one attached hydrogen (secondary N) is 1. The molecule has 0 saturated heterocycles. The smallest absolute Gasteiger partial charge is 0.339 e. The molecule has 1 atom stereocenters. The lowest BCUT2D eigenvalue weighted by atomic mass is 10.2. The number of thiophene rings is 1. The van der Waals surface area contributed by atoms with E-state index in [4.69, 9.17) is 5.11 Å². The summed E-state index contributed by atoms with van der Waals surface area (Å²) in [6.45, 7) is 4.06. The van der Waals surface area contributed by atoms with Gasteiger partial charge in [-0.2, -0.15) is 0 Å². The molecule has 5 heteroatoms. The Hall–Kier alpha value is -1.88. The maximum atomic E-state index is 11.1. The lowest BCUT2D eigenvalue weighted by Crippen LogP contribution is -2.10. The van der Waals surface area contributed by atoms with E-state index in [0.717, 1.165) is 0 Å². The van der Waals surface area contributed by atoms with Crippen LogP contribution in [-0.4, -0.2) is 16.1 Å². The SMILES string of the molecule is Cc1ccc(C(C)Nc2ccncc2C(=O)O)s1. The van der Waals surface area contributed by atoms with Crippen LogP contribution in [0, 0.1) is 6.92 Å². The van der Waals surface area contributed by atoms with Crippen LogP contribution in [0.5, 0.6) is 0 Å². The van der Waals surface area contributed by atoms with Crippen molar-refractivity contribution < 1.29 is 9.90 Å². The van der Waals surface area contributed by atoms with Crippen LogP contribution in [0.15, 0.2) is 30.6 Å². The zero-order chi connectivity index (χ0) is 13.1. The Morgan fingerprint density at radius 3 is 2.83 bits per heavy atom. The first-order valence-electron chi connectivity index (χ1n) is 5.58. The maximum absolute atomic E-state index is 11.1. The second-order valence-electron chi connectivity index (χ2n) is 4.04. The topological polar surface area (TPSA) is 62.2 Å². The Bertz CT molecular complexity index is 566. The van der Waals surface area contributed by atoms with Crippen LogP contribution in [0.1, 0.15) is 33.1 Å². The first-order valence-corrected chi connectivity index (χ1v) is 6.39. The average molecular weight is 262 g/mol. The molecule has 0 amide bonds. The predicted molar refractivity (Wildman–Crippen MR) is 72.3 cm³/mol. The summed E-state index contributed by atoms with van der Waals surface area (Å²) >= 11 is 1.70. The standard InChI is InChI=1S/C13H14N2O2S/c1-8-3-4-12(18-8)9(2)15-11-5-6-14-7-10(11)13(16)17/h3-7,9H,1-2H3,(H,14,15)(H,16,17). The van der Waals surface area contributed by atoms with E-state index in [0.29, 0.717) is 5.69 Å². The summed E-state index contributed by atoms with van der Waals surface area (Å²) in [5.74, 6) is -0.972. The zero-order valence-corrected chi connectivity index (χ0v) is 11.0. The van der Waals surface area contributed by atoms with E-state index in [9.17, 15) is 4.79 Å². The molecule has 4 nitrogen and oxygen atoms in total. The van der Waals surface area contributed by atoms with Gasteiger partial charge in [0.2, 0.25) is 0 Å². The number of nitrogens with zero attached hydrogens (tertiary/aromatic N) is 1. The number of anilines is 1. The van der Waals surface area contributed by atoms with Crippen LogP contribution in [-0.2, 0) is 0 Å². The number of hydrogen-bond acceptors (Lipinski definition) is 4. The molecule has 1 unspecified atom stereocenters. The van der Waals surface area contributed by atoms with E-state index in [2.05, 4.69) is 29.4 Å². The van der Waals surface area contributed by atoms with E-state index in [-0.39, 0.29) is 11.6 Å². The second kappa shape index (κ2) is 5.18. The largest absolute Gasteiger partial charge is 0.478 e. The summed E-state index contributed by atoms with van der Waals surface area (Å²) in [6, 6.07) is 5.87. The van der Waals surface area contributed by atoms with Crippen molar-refractivity contribution in [3.63, 3.8) is 0 Å². The number of aromatic carboxylic acids is 1. The Kier molecular flexibility index (Phi) is 3.62. The van der Waals surface area contributed by atoms with Gasteiger partial charge in [-0.05, 0) is 32.0 Å². The van der Waals surface area contributed by atoms with Gasteiger partial charge in [0.05, 0.1) is 11.7 Å². The average Bonchev–Trinajstić information content (AvgIpc) is 2.76. The van der Waals surface area contributed by atoms with E-state index in [1.807, 2.05) is 6.92 Å². The van der Waals surface area contributed by atoms with E-state index < -0.39 is 5.97 Å². The molecule has 2 N–H and O–H groups in total.